The molecule has 0 aliphatic carbocycles. The summed E-state index contributed by atoms with van der Waals surface area (Å²) in [5, 5.41) is 2.89. The van der Waals surface area contributed by atoms with Gasteiger partial charge in [0, 0.05) is 23.2 Å². The van der Waals surface area contributed by atoms with E-state index in [-0.39, 0.29) is 5.91 Å². The number of carbonyl (C=O) groups is 1. The summed E-state index contributed by atoms with van der Waals surface area (Å²) >= 11 is 5.80. The minimum atomic E-state index is 0.0797. The Kier molecular flexibility index (Phi) is 3.07. The Balaban J connectivity index is 2.46. The van der Waals surface area contributed by atoms with Crippen LogP contribution in [0.15, 0.2) is 29.8 Å². The Labute approximate surface area is 93.9 Å². The number of benzene rings is 1. The van der Waals surface area contributed by atoms with Crippen molar-refractivity contribution in [3.63, 3.8) is 0 Å². The van der Waals surface area contributed by atoms with Gasteiger partial charge in [-0.05, 0) is 24.5 Å². The molecule has 0 radical (unpaired) electrons. The Bertz CT molecular complexity index is 412. The van der Waals surface area contributed by atoms with Crippen molar-refractivity contribution in [3.05, 3.63) is 35.4 Å². The van der Waals surface area contributed by atoms with Gasteiger partial charge in [-0.15, -0.1) is 0 Å². The fourth-order valence-corrected chi connectivity index (χ4v) is 2.00. The highest BCUT2D eigenvalue weighted by Gasteiger charge is 2.13. The summed E-state index contributed by atoms with van der Waals surface area (Å²) in [6, 6.07) is 7.74. The quantitative estimate of drug-likeness (QED) is 0.715. The summed E-state index contributed by atoms with van der Waals surface area (Å²) in [4.78, 5) is 11.4. The third-order valence-corrected chi connectivity index (χ3v) is 2.79. The van der Waals surface area contributed by atoms with Gasteiger partial charge in [-0.25, -0.2) is 0 Å². The first-order valence-electron chi connectivity index (χ1n) is 5.00. The number of amides is 1. The van der Waals surface area contributed by atoms with E-state index in [9.17, 15) is 4.79 Å². The maximum atomic E-state index is 11.4. The van der Waals surface area contributed by atoms with E-state index in [1.165, 1.54) is 0 Å². The average Bonchev–Trinajstić information content (AvgIpc) is 2.23. The fourth-order valence-electron chi connectivity index (χ4n) is 1.77. The van der Waals surface area contributed by atoms with Crippen molar-refractivity contribution in [2.75, 3.05) is 5.32 Å². The molecule has 0 bridgehead atoms. The summed E-state index contributed by atoms with van der Waals surface area (Å²) < 4.78 is 0. The summed E-state index contributed by atoms with van der Waals surface area (Å²) in [5.74, 6) is 0.0797. The first kappa shape index (κ1) is 10.2. The monoisotopic (exact) mass is 221 g/mol. The van der Waals surface area contributed by atoms with E-state index in [4.69, 9.17) is 11.6 Å². The number of para-hydroxylation sites is 1. The highest BCUT2D eigenvalue weighted by Crippen LogP contribution is 2.30. The largest absolute Gasteiger partial charge is 0.326 e. The molecule has 0 saturated carbocycles. The molecule has 1 N–H and O–H groups in total. The van der Waals surface area contributed by atoms with Gasteiger partial charge < -0.3 is 5.32 Å². The highest BCUT2D eigenvalue weighted by molar-refractivity contribution is 6.28. The standard InChI is InChI=1S/C12H12ClNO/c13-8-9-4-3-7-12(15)14-11-6-2-1-5-10(9)11/h1-2,5-6,8H,3-4,7H2,(H,14,15). The maximum absolute atomic E-state index is 11.4. The van der Waals surface area contributed by atoms with Gasteiger partial charge in [0.1, 0.15) is 0 Å². The van der Waals surface area contributed by atoms with Gasteiger partial charge >= 0.3 is 0 Å². The minimum Gasteiger partial charge on any atom is -0.326 e. The Morgan fingerprint density at radius 3 is 2.87 bits per heavy atom. The minimum absolute atomic E-state index is 0.0797. The van der Waals surface area contributed by atoms with E-state index in [1.54, 1.807) is 5.54 Å². The number of nitrogens with one attached hydrogen (secondary N) is 1. The first-order valence-corrected chi connectivity index (χ1v) is 5.43. The van der Waals surface area contributed by atoms with Crippen LogP contribution in [0.1, 0.15) is 24.8 Å². The molecule has 0 unspecified atom stereocenters. The third-order valence-electron chi connectivity index (χ3n) is 2.53. The molecule has 3 heteroatoms. The molecule has 1 aromatic rings. The summed E-state index contributed by atoms with van der Waals surface area (Å²) in [5.41, 5.74) is 4.58. The summed E-state index contributed by atoms with van der Waals surface area (Å²) in [6.07, 6.45) is 2.26. The molecule has 2 nitrogen and oxygen atoms in total. The Morgan fingerprint density at radius 2 is 2.07 bits per heavy atom. The van der Waals surface area contributed by atoms with Crippen LogP contribution in [0.2, 0.25) is 0 Å². The summed E-state index contributed by atoms with van der Waals surface area (Å²) in [7, 11) is 0. The number of hydrogen-bond donors (Lipinski definition) is 1. The smallest absolute Gasteiger partial charge is 0.224 e. The normalized spacial score (nSPS) is 19.0. The molecule has 0 spiro atoms. The number of halogens is 1. The molecule has 1 aromatic carbocycles. The highest BCUT2D eigenvalue weighted by atomic mass is 35.5. The van der Waals surface area contributed by atoms with Crippen LogP contribution in [0.5, 0.6) is 0 Å². The van der Waals surface area contributed by atoms with Crippen LogP contribution in [0, 0.1) is 0 Å². The third kappa shape index (κ3) is 2.21. The number of carbonyl (C=O) groups excluding carboxylic acids is 1. The molecule has 0 atom stereocenters. The molecule has 78 valence electrons. The van der Waals surface area contributed by atoms with E-state index < -0.39 is 0 Å². The molecular formula is C12H12ClNO. The molecule has 0 fully saturated rings. The SMILES string of the molecule is O=C1CCCC(=CCl)c2ccccc2N1. The number of fused-ring (bicyclic) bond motifs is 1. The number of anilines is 1. The lowest BCUT2D eigenvalue weighted by Gasteiger charge is -2.16. The number of allylic oxidation sites excluding steroid dienone is 1. The van der Waals surface area contributed by atoms with Crippen LogP contribution < -0.4 is 5.32 Å². The molecule has 1 aliphatic rings. The fraction of sp³-hybridized carbons (Fsp3) is 0.250. The number of rotatable bonds is 0. The zero-order chi connectivity index (χ0) is 10.7. The van der Waals surface area contributed by atoms with Gasteiger partial charge in [-0.1, -0.05) is 29.8 Å². The lowest BCUT2D eigenvalue weighted by molar-refractivity contribution is -0.116. The van der Waals surface area contributed by atoms with Gasteiger partial charge in [-0.3, -0.25) is 4.79 Å². The molecule has 1 heterocycles. The van der Waals surface area contributed by atoms with E-state index >= 15 is 0 Å². The van der Waals surface area contributed by atoms with Crippen molar-refractivity contribution in [2.24, 2.45) is 0 Å². The second-order valence-corrected chi connectivity index (χ2v) is 3.80. The van der Waals surface area contributed by atoms with Crippen LogP contribution in [0.3, 0.4) is 0 Å². The average molecular weight is 222 g/mol. The van der Waals surface area contributed by atoms with Gasteiger partial charge in [-0.2, -0.15) is 0 Å². The van der Waals surface area contributed by atoms with Crippen LogP contribution in [0.4, 0.5) is 5.69 Å². The van der Waals surface area contributed by atoms with Crippen LogP contribution >= 0.6 is 11.6 Å². The molecular weight excluding hydrogens is 210 g/mol. The van der Waals surface area contributed by atoms with Gasteiger partial charge in [0.25, 0.3) is 0 Å². The predicted octanol–water partition coefficient (Wildman–Crippen LogP) is 3.39. The Morgan fingerprint density at radius 1 is 1.27 bits per heavy atom. The van der Waals surface area contributed by atoms with Crippen LogP contribution in [0.25, 0.3) is 5.57 Å². The number of hydrogen-bond acceptors (Lipinski definition) is 1. The van der Waals surface area contributed by atoms with Crippen molar-refractivity contribution in [3.8, 4) is 0 Å². The van der Waals surface area contributed by atoms with Gasteiger partial charge in [0.05, 0.1) is 0 Å². The lowest BCUT2D eigenvalue weighted by atomic mass is 9.98. The molecule has 1 amide bonds. The molecule has 1 aliphatic heterocycles. The second kappa shape index (κ2) is 4.49. The van der Waals surface area contributed by atoms with Crippen molar-refractivity contribution in [1.82, 2.24) is 0 Å². The Hall–Kier alpha value is -1.28. The van der Waals surface area contributed by atoms with Crippen molar-refractivity contribution in [1.29, 1.82) is 0 Å². The van der Waals surface area contributed by atoms with E-state index in [0.29, 0.717) is 6.42 Å². The summed E-state index contributed by atoms with van der Waals surface area (Å²) in [6.45, 7) is 0. The van der Waals surface area contributed by atoms with E-state index in [0.717, 1.165) is 29.7 Å². The predicted molar refractivity (Wildman–Crippen MR) is 62.8 cm³/mol. The van der Waals surface area contributed by atoms with E-state index in [1.807, 2.05) is 24.3 Å². The van der Waals surface area contributed by atoms with Crippen molar-refractivity contribution < 1.29 is 4.79 Å². The first-order chi connectivity index (χ1) is 7.31. The molecule has 0 saturated heterocycles. The molecule has 15 heavy (non-hydrogen) atoms. The topological polar surface area (TPSA) is 29.1 Å². The van der Waals surface area contributed by atoms with Crippen molar-refractivity contribution >= 4 is 28.8 Å². The second-order valence-electron chi connectivity index (χ2n) is 3.58. The zero-order valence-electron chi connectivity index (χ0n) is 8.29. The van der Waals surface area contributed by atoms with Gasteiger partial charge in [0.2, 0.25) is 5.91 Å². The molecule has 0 aromatic heterocycles. The maximum Gasteiger partial charge on any atom is 0.224 e. The van der Waals surface area contributed by atoms with E-state index in [2.05, 4.69) is 5.32 Å². The van der Waals surface area contributed by atoms with Crippen LogP contribution in [-0.2, 0) is 4.79 Å². The van der Waals surface area contributed by atoms with Gasteiger partial charge in [0.15, 0.2) is 0 Å². The molecule has 2 rings (SSSR count). The van der Waals surface area contributed by atoms with Crippen LogP contribution in [-0.4, -0.2) is 5.91 Å². The zero-order valence-corrected chi connectivity index (χ0v) is 9.05. The lowest BCUT2D eigenvalue weighted by Crippen LogP contribution is -2.14. The van der Waals surface area contributed by atoms with Crippen molar-refractivity contribution in [2.45, 2.75) is 19.3 Å².